The minimum atomic E-state index is 0.395. The van der Waals surface area contributed by atoms with E-state index >= 15 is 0 Å². The van der Waals surface area contributed by atoms with Gasteiger partial charge in [-0.05, 0) is 37.8 Å². The normalized spacial score (nSPS) is 22.5. The van der Waals surface area contributed by atoms with Crippen LogP contribution in [-0.2, 0) is 4.74 Å². The maximum atomic E-state index is 6.23. The number of fused-ring (bicyclic) bond motifs is 2. The van der Waals surface area contributed by atoms with Gasteiger partial charge in [0, 0.05) is 36.9 Å². The van der Waals surface area contributed by atoms with Gasteiger partial charge in [0.05, 0.1) is 30.5 Å². The van der Waals surface area contributed by atoms with Crippen molar-refractivity contribution in [2.24, 2.45) is 0 Å². The van der Waals surface area contributed by atoms with Crippen molar-refractivity contribution in [3.05, 3.63) is 36.0 Å². The molecule has 1 saturated carbocycles. The van der Waals surface area contributed by atoms with Crippen LogP contribution in [0.4, 0.5) is 5.82 Å². The fourth-order valence-corrected chi connectivity index (χ4v) is 5.16. The predicted molar refractivity (Wildman–Crippen MR) is 123 cm³/mol. The summed E-state index contributed by atoms with van der Waals surface area (Å²) in [5.41, 5.74) is 3.23. The molecule has 1 saturated heterocycles. The first-order valence-corrected chi connectivity index (χ1v) is 11.5. The molecule has 2 N–H and O–H groups in total. The first kappa shape index (κ1) is 19.9. The zero-order chi connectivity index (χ0) is 21.5. The second-order valence-corrected chi connectivity index (χ2v) is 8.90. The second kappa shape index (κ2) is 8.31. The number of rotatable bonds is 4. The van der Waals surface area contributed by atoms with E-state index in [0.717, 1.165) is 67.3 Å². The van der Waals surface area contributed by atoms with E-state index in [4.69, 9.17) is 16.3 Å². The highest BCUT2D eigenvalue weighted by atomic mass is 35.5. The van der Waals surface area contributed by atoms with Gasteiger partial charge in [-0.3, -0.25) is 4.90 Å². The number of nitrogens with one attached hydrogen (secondary N) is 2. The Labute approximate surface area is 190 Å². The summed E-state index contributed by atoms with van der Waals surface area (Å²) in [5.74, 6) is 0.847. The zero-order valence-electron chi connectivity index (χ0n) is 17.7. The van der Waals surface area contributed by atoms with Crippen LogP contribution < -0.4 is 5.32 Å². The number of aromatic amines is 1. The second-order valence-electron chi connectivity index (χ2n) is 8.52. The summed E-state index contributed by atoms with van der Waals surface area (Å²) in [7, 11) is 0. The van der Waals surface area contributed by atoms with Gasteiger partial charge in [-0.25, -0.2) is 19.5 Å². The summed E-state index contributed by atoms with van der Waals surface area (Å²) in [4.78, 5) is 19.1. The summed E-state index contributed by atoms with van der Waals surface area (Å²) >= 11 is 6.23. The summed E-state index contributed by atoms with van der Waals surface area (Å²) in [6, 6.07) is 4.93. The summed E-state index contributed by atoms with van der Waals surface area (Å²) in [6.07, 6.45) is 9.79. The quantitative estimate of drug-likeness (QED) is 0.490. The van der Waals surface area contributed by atoms with Gasteiger partial charge in [-0.2, -0.15) is 5.10 Å². The Bertz CT molecular complexity index is 1240. The molecule has 166 valence electrons. The molecule has 2 aliphatic rings. The first-order valence-electron chi connectivity index (χ1n) is 11.2. The number of hydrogen-bond acceptors (Lipinski definition) is 7. The molecule has 0 aromatic carbocycles. The highest BCUT2D eigenvalue weighted by molar-refractivity contribution is 6.29. The van der Waals surface area contributed by atoms with Crippen molar-refractivity contribution in [3.63, 3.8) is 0 Å². The molecule has 9 nitrogen and oxygen atoms in total. The summed E-state index contributed by atoms with van der Waals surface area (Å²) in [6.45, 7) is 3.83. The van der Waals surface area contributed by atoms with Crippen LogP contribution in [0.25, 0.3) is 27.9 Å². The third kappa shape index (κ3) is 3.60. The zero-order valence-corrected chi connectivity index (χ0v) is 18.4. The molecule has 32 heavy (non-hydrogen) atoms. The molecule has 4 aromatic heterocycles. The molecular formula is C22H25ClN8O. The van der Waals surface area contributed by atoms with E-state index in [0.29, 0.717) is 22.9 Å². The molecule has 0 unspecified atom stereocenters. The average Bonchev–Trinajstić information content (AvgIpc) is 3.44. The largest absolute Gasteiger partial charge is 0.379 e. The predicted octanol–water partition coefficient (Wildman–Crippen LogP) is 3.38. The monoisotopic (exact) mass is 452 g/mol. The van der Waals surface area contributed by atoms with E-state index in [-0.39, 0.29) is 0 Å². The van der Waals surface area contributed by atoms with E-state index in [9.17, 15) is 0 Å². The molecule has 4 aromatic rings. The van der Waals surface area contributed by atoms with Crippen molar-refractivity contribution >= 4 is 34.1 Å². The van der Waals surface area contributed by atoms with E-state index in [1.54, 1.807) is 17.0 Å². The maximum Gasteiger partial charge on any atom is 0.155 e. The number of aromatic nitrogens is 6. The van der Waals surface area contributed by atoms with Gasteiger partial charge in [-0.1, -0.05) is 11.6 Å². The smallest absolute Gasteiger partial charge is 0.155 e. The molecule has 10 heteroatoms. The van der Waals surface area contributed by atoms with Crippen LogP contribution in [-0.4, -0.2) is 72.8 Å². The molecule has 0 radical (unpaired) electrons. The van der Waals surface area contributed by atoms with Crippen LogP contribution in [0.5, 0.6) is 0 Å². The summed E-state index contributed by atoms with van der Waals surface area (Å²) in [5, 5.41) is 9.81. The number of imidazole rings is 1. The highest BCUT2D eigenvalue weighted by Crippen LogP contribution is 2.33. The van der Waals surface area contributed by atoms with Crippen LogP contribution in [0.3, 0.4) is 0 Å². The van der Waals surface area contributed by atoms with E-state index in [1.165, 1.54) is 12.8 Å². The molecule has 1 aliphatic carbocycles. The Hall–Kier alpha value is -2.75. The van der Waals surface area contributed by atoms with Gasteiger partial charge in [0.2, 0.25) is 0 Å². The van der Waals surface area contributed by atoms with Crippen molar-refractivity contribution in [2.45, 2.75) is 37.8 Å². The van der Waals surface area contributed by atoms with Gasteiger partial charge in [-0.15, -0.1) is 0 Å². The van der Waals surface area contributed by atoms with E-state index in [2.05, 4.69) is 35.3 Å². The van der Waals surface area contributed by atoms with Crippen LogP contribution in [0.15, 0.2) is 30.9 Å². The van der Waals surface area contributed by atoms with Crippen LogP contribution >= 0.6 is 11.6 Å². The van der Waals surface area contributed by atoms with Crippen LogP contribution in [0.1, 0.15) is 25.7 Å². The number of ether oxygens (including phenoxy) is 1. The molecular weight excluding hydrogens is 428 g/mol. The lowest BCUT2D eigenvalue weighted by Gasteiger charge is -2.39. The van der Waals surface area contributed by atoms with Gasteiger partial charge < -0.3 is 15.0 Å². The number of nitrogens with zero attached hydrogens (tertiary/aromatic N) is 6. The fraction of sp³-hybridized carbons (Fsp3) is 0.455. The molecule has 0 amide bonds. The SMILES string of the molecule is Clc1cnc2ccc(-c3c[nH]c4ncnc(NC5CCC(N6CCOCC6)CC5)c34)nn12. The molecule has 6 rings (SSSR count). The van der Waals surface area contributed by atoms with Gasteiger partial charge in [0.25, 0.3) is 0 Å². The molecule has 2 fully saturated rings. The van der Waals surface area contributed by atoms with Crippen molar-refractivity contribution < 1.29 is 4.74 Å². The van der Waals surface area contributed by atoms with Gasteiger partial charge >= 0.3 is 0 Å². The maximum absolute atomic E-state index is 6.23. The lowest BCUT2D eigenvalue weighted by atomic mass is 9.90. The number of halogens is 1. The van der Waals surface area contributed by atoms with E-state index < -0.39 is 0 Å². The van der Waals surface area contributed by atoms with Crippen molar-refractivity contribution in [2.75, 3.05) is 31.6 Å². The minimum Gasteiger partial charge on any atom is -0.379 e. The Morgan fingerprint density at radius 2 is 1.91 bits per heavy atom. The number of morpholine rings is 1. The van der Waals surface area contributed by atoms with Gasteiger partial charge in [0.1, 0.15) is 17.8 Å². The third-order valence-electron chi connectivity index (χ3n) is 6.67. The van der Waals surface area contributed by atoms with Crippen LogP contribution in [0.2, 0.25) is 5.15 Å². The number of hydrogen-bond donors (Lipinski definition) is 2. The number of anilines is 1. The topological polar surface area (TPSA) is 96.3 Å². The molecule has 1 aliphatic heterocycles. The Kier molecular flexibility index (Phi) is 5.17. The Morgan fingerprint density at radius 1 is 1.06 bits per heavy atom. The molecule has 5 heterocycles. The highest BCUT2D eigenvalue weighted by Gasteiger charge is 2.27. The fourth-order valence-electron chi connectivity index (χ4n) is 4.98. The lowest BCUT2D eigenvalue weighted by Crippen LogP contribution is -2.46. The first-order chi connectivity index (χ1) is 15.8. The average molecular weight is 453 g/mol. The third-order valence-corrected chi connectivity index (χ3v) is 6.92. The van der Waals surface area contributed by atoms with Crippen molar-refractivity contribution in [1.29, 1.82) is 0 Å². The number of H-pyrrole nitrogens is 1. The molecule has 0 spiro atoms. The van der Waals surface area contributed by atoms with E-state index in [1.807, 2.05) is 18.3 Å². The van der Waals surface area contributed by atoms with Crippen molar-refractivity contribution in [3.8, 4) is 11.3 Å². The Morgan fingerprint density at radius 3 is 2.75 bits per heavy atom. The van der Waals surface area contributed by atoms with Crippen molar-refractivity contribution in [1.82, 2.24) is 34.4 Å². The summed E-state index contributed by atoms with van der Waals surface area (Å²) < 4.78 is 7.15. The Balaban J connectivity index is 1.25. The minimum absolute atomic E-state index is 0.395. The van der Waals surface area contributed by atoms with Gasteiger partial charge in [0.15, 0.2) is 10.8 Å². The van der Waals surface area contributed by atoms with Crippen LogP contribution in [0, 0.1) is 0 Å². The molecule has 0 bridgehead atoms. The standard InChI is InChI=1S/C22H25ClN8O/c23-18-12-24-19-6-5-17(29-31(18)19)16-11-25-21-20(16)22(27-13-26-21)28-14-1-3-15(4-2-14)30-7-9-32-10-8-30/h5-6,11-15H,1-4,7-10H2,(H2,25,26,27,28). The molecule has 0 atom stereocenters. The lowest BCUT2D eigenvalue weighted by molar-refractivity contribution is 0.00791.